The van der Waals surface area contributed by atoms with Crippen LogP contribution in [-0.4, -0.2) is 55.2 Å². The van der Waals surface area contributed by atoms with Crippen molar-refractivity contribution >= 4 is 42.1 Å². The number of hydrogen-bond donors (Lipinski definition) is 0. The molecule has 3 aliphatic heterocycles. The fraction of sp³-hybridized carbons (Fsp3) is 0.321. The van der Waals surface area contributed by atoms with Crippen molar-refractivity contribution in [3.63, 3.8) is 0 Å². The van der Waals surface area contributed by atoms with Crippen molar-refractivity contribution in [2.45, 2.75) is 19.4 Å². The molecule has 190 valence electrons. The van der Waals surface area contributed by atoms with Gasteiger partial charge in [-0.2, -0.15) is 0 Å². The highest BCUT2D eigenvalue weighted by atomic mass is 35.5. The zero-order chi connectivity index (χ0) is 22.9. The van der Waals surface area contributed by atoms with E-state index in [1.807, 2.05) is 23.1 Å². The highest BCUT2D eigenvalue weighted by Crippen LogP contribution is 2.36. The van der Waals surface area contributed by atoms with Crippen molar-refractivity contribution in [2.24, 2.45) is 0 Å². The lowest BCUT2D eigenvalue weighted by atomic mass is 10.0. The molecule has 1 amide bonds. The van der Waals surface area contributed by atoms with Gasteiger partial charge in [-0.05, 0) is 53.8 Å². The SMILES string of the molecule is Cl.Cl.O=C(CN1CCN(Cc2ccc3c(c2)OCO3)CC1)N1c2ccccc2CCc2ccccc21. The minimum absolute atomic E-state index is 0. The zero-order valence-electron chi connectivity index (χ0n) is 20.1. The Hall–Kier alpha value is -2.77. The Morgan fingerprint density at radius 3 is 1.97 bits per heavy atom. The summed E-state index contributed by atoms with van der Waals surface area (Å²) in [7, 11) is 0. The molecule has 3 aromatic rings. The first kappa shape index (κ1) is 26.3. The molecule has 1 fully saturated rings. The van der Waals surface area contributed by atoms with Crippen molar-refractivity contribution in [1.29, 1.82) is 0 Å². The van der Waals surface area contributed by atoms with Gasteiger partial charge in [0.1, 0.15) is 0 Å². The van der Waals surface area contributed by atoms with Gasteiger partial charge in [0, 0.05) is 32.7 Å². The van der Waals surface area contributed by atoms with E-state index in [0.29, 0.717) is 13.3 Å². The third-order valence-electron chi connectivity index (χ3n) is 7.05. The third-order valence-corrected chi connectivity index (χ3v) is 7.05. The first-order valence-corrected chi connectivity index (χ1v) is 12.1. The van der Waals surface area contributed by atoms with E-state index in [2.05, 4.69) is 58.3 Å². The van der Waals surface area contributed by atoms with E-state index in [-0.39, 0.29) is 30.7 Å². The highest BCUT2D eigenvalue weighted by Gasteiger charge is 2.28. The second-order valence-corrected chi connectivity index (χ2v) is 9.23. The normalized spacial score (nSPS) is 16.7. The number of fused-ring (bicyclic) bond motifs is 3. The molecule has 6 nitrogen and oxygen atoms in total. The highest BCUT2D eigenvalue weighted by molar-refractivity contribution is 6.03. The van der Waals surface area contributed by atoms with Crippen LogP contribution in [0.4, 0.5) is 11.4 Å². The number of halogens is 2. The van der Waals surface area contributed by atoms with E-state index in [0.717, 1.165) is 68.4 Å². The molecule has 0 spiro atoms. The van der Waals surface area contributed by atoms with E-state index in [4.69, 9.17) is 9.47 Å². The molecule has 36 heavy (non-hydrogen) atoms. The lowest BCUT2D eigenvalue weighted by Crippen LogP contribution is -2.49. The van der Waals surface area contributed by atoms with Crippen molar-refractivity contribution in [1.82, 2.24) is 9.80 Å². The minimum atomic E-state index is 0. The number of para-hydroxylation sites is 2. The predicted molar refractivity (Wildman–Crippen MR) is 146 cm³/mol. The first-order valence-electron chi connectivity index (χ1n) is 12.1. The maximum Gasteiger partial charge on any atom is 0.245 e. The maximum atomic E-state index is 13.7. The lowest BCUT2D eigenvalue weighted by molar-refractivity contribution is -0.119. The number of rotatable bonds is 4. The van der Waals surface area contributed by atoms with Crippen molar-refractivity contribution in [2.75, 3.05) is 44.4 Å². The van der Waals surface area contributed by atoms with E-state index in [1.54, 1.807) is 0 Å². The Morgan fingerprint density at radius 2 is 1.31 bits per heavy atom. The number of carbonyl (C=O) groups excluding carboxylic acids is 1. The third kappa shape index (κ3) is 5.32. The Labute approximate surface area is 224 Å². The molecule has 0 saturated carbocycles. The largest absolute Gasteiger partial charge is 0.454 e. The molecule has 0 atom stereocenters. The number of amides is 1. The fourth-order valence-electron chi connectivity index (χ4n) is 5.21. The smallest absolute Gasteiger partial charge is 0.245 e. The van der Waals surface area contributed by atoms with Gasteiger partial charge in [-0.15, -0.1) is 24.8 Å². The Bertz CT molecular complexity index is 1170. The van der Waals surface area contributed by atoms with Gasteiger partial charge >= 0.3 is 0 Å². The molecule has 0 radical (unpaired) electrons. The van der Waals surface area contributed by atoms with Crippen LogP contribution >= 0.6 is 24.8 Å². The summed E-state index contributed by atoms with van der Waals surface area (Å²) >= 11 is 0. The summed E-state index contributed by atoms with van der Waals surface area (Å²) in [6, 6.07) is 22.8. The van der Waals surface area contributed by atoms with Gasteiger partial charge in [0.2, 0.25) is 12.7 Å². The maximum absolute atomic E-state index is 13.7. The summed E-state index contributed by atoms with van der Waals surface area (Å²) in [5.74, 6) is 1.80. The molecular weight excluding hydrogens is 497 g/mol. The molecule has 0 N–H and O–H groups in total. The van der Waals surface area contributed by atoms with Gasteiger partial charge in [0.25, 0.3) is 0 Å². The Kier molecular flexibility index (Phi) is 8.42. The number of nitrogens with zero attached hydrogens (tertiary/aromatic N) is 3. The fourth-order valence-corrected chi connectivity index (χ4v) is 5.21. The average Bonchev–Trinajstić information content (AvgIpc) is 3.26. The summed E-state index contributed by atoms with van der Waals surface area (Å²) in [5.41, 5.74) is 5.76. The first-order chi connectivity index (χ1) is 16.7. The average molecular weight is 528 g/mol. The summed E-state index contributed by atoms with van der Waals surface area (Å²) in [4.78, 5) is 20.4. The monoisotopic (exact) mass is 527 g/mol. The van der Waals surface area contributed by atoms with Gasteiger partial charge in [-0.3, -0.25) is 19.5 Å². The summed E-state index contributed by atoms with van der Waals surface area (Å²) in [6.45, 7) is 5.26. The van der Waals surface area contributed by atoms with Crippen LogP contribution in [0.2, 0.25) is 0 Å². The van der Waals surface area contributed by atoms with E-state index in [9.17, 15) is 4.79 Å². The Balaban J connectivity index is 0.00000152. The van der Waals surface area contributed by atoms with E-state index < -0.39 is 0 Å². The molecule has 3 aliphatic rings. The van der Waals surface area contributed by atoms with Gasteiger partial charge in [-0.25, -0.2) is 0 Å². The van der Waals surface area contributed by atoms with Crippen LogP contribution in [0.3, 0.4) is 0 Å². The van der Waals surface area contributed by atoms with Crippen LogP contribution in [0.5, 0.6) is 11.5 Å². The van der Waals surface area contributed by atoms with Crippen molar-refractivity contribution in [3.8, 4) is 11.5 Å². The van der Waals surface area contributed by atoms with Gasteiger partial charge in [0.05, 0.1) is 17.9 Å². The molecule has 6 rings (SSSR count). The molecule has 3 heterocycles. The summed E-state index contributed by atoms with van der Waals surface area (Å²) in [5, 5.41) is 0. The summed E-state index contributed by atoms with van der Waals surface area (Å²) < 4.78 is 10.9. The van der Waals surface area contributed by atoms with Crippen molar-refractivity contribution < 1.29 is 14.3 Å². The molecular formula is C28H31Cl2N3O3. The van der Waals surface area contributed by atoms with Gasteiger partial charge in [0.15, 0.2) is 11.5 Å². The second kappa shape index (κ2) is 11.5. The number of carbonyl (C=O) groups is 1. The predicted octanol–water partition coefficient (Wildman–Crippen LogP) is 4.84. The molecule has 3 aromatic carbocycles. The van der Waals surface area contributed by atoms with Crippen molar-refractivity contribution in [3.05, 3.63) is 83.4 Å². The van der Waals surface area contributed by atoms with E-state index >= 15 is 0 Å². The number of benzene rings is 3. The lowest BCUT2D eigenvalue weighted by Gasteiger charge is -2.35. The number of hydrogen-bond acceptors (Lipinski definition) is 5. The quantitative estimate of drug-likeness (QED) is 0.485. The number of piperazine rings is 1. The van der Waals surface area contributed by atoms with Gasteiger partial charge in [-0.1, -0.05) is 42.5 Å². The number of anilines is 2. The minimum Gasteiger partial charge on any atom is -0.454 e. The van der Waals surface area contributed by atoms with Crippen LogP contribution in [0.1, 0.15) is 16.7 Å². The second-order valence-electron chi connectivity index (χ2n) is 9.23. The van der Waals surface area contributed by atoms with Gasteiger partial charge < -0.3 is 9.47 Å². The molecule has 0 bridgehead atoms. The Morgan fingerprint density at radius 1 is 0.722 bits per heavy atom. The molecule has 1 saturated heterocycles. The van der Waals surface area contributed by atoms with Crippen LogP contribution in [0.25, 0.3) is 0 Å². The molecule has 0 aromatic heterocycles. The summed E-state index contributed by atoms with van der Waals surface area (Å²) in [6.07, 6.45) is 1.91. The van der Waals surface area contributed by atoms with Crippen LogP contribution in [0.15, 0.2) is 66.7 Å². The zero-order valence-corrected chi connectivity index (χ0v) is 21.7. The van der Waals surface area contributed by atoms with E-state index in [1.165, 1.54) is 16.7 Å². The van der Waals surface area contributed by atoms with Crippen LogP contribution in [-0.2, 0) is 24.2 Å². The topological polar surface area (TPSA) is 45.3 Å². The standard InChI is InChI=1S/C28H29N3O3.2ClH/c32-28(31-24-7-3-1-5-22(24)10-11-23-6-2-4-8-25(23)31)19-30-15-13-29(14-16-30)18-21-9-12-26-27(17-21)34-20-33-26;;/h1-9,12,17H,10-11,13-16,18-20H2;2*1H. The van der Waals surface area contributed by atoms with Crippen LogP contribution < -0.4 is 14.4 Å². The molecule has 0 aliphatic carbocycles. The number of ether oxygens (including phenoxy) is 2. The molecule has 8 heteroatoms. The molecule has 0 unspecified atom stereocenters. The van der Waals surface area contributed by atoms with Crippen LogP contribution in [0, 0.1) is 0 Å². The number of aryl methyl sites for hydroxylation is 2.